The maximum Gasteiger partial charge on any atom is 0.0992 e. The summed E-state index contributed by atoms with van der Waals surface area (Å²) in [5.41, 5.74) is 3.00. The van der Waals surface area contributed by atoms with Gasteiger partial charge in [0.05, 0.1) is 22.3 Å². The van der Waals surface area contributed by atoms with Crippen LogP contribution in [0.4, 0.5) is 5.69 Å². The second-order valence-electron chi connectivity index (χ2n) is 4.79. The van der Waals surface area contributed by atoms with E-state index in [4.69, 9.17) is 16.9 Å². The second kappa shape index (κ2) is 4.95. The zero-order chi connectivity index (χ0) is 13.2. The smallest absolute Gasteiger partial charge is 0.0992 e. The molecule has 0 radical (unpaired) electrons. The van der Waals surface area contributed by atoms with Crippen molar-refractivity contribution in [1.29, 1.82) is 5.26 Å². The Hall–Kier alpha value is -1.98. The molecule has 1 aliphatic rings. The van der Waals surface area contributed by atoms with Crippen molar-refractivity contribution in [1.82, 2.24) is 0 Å². The van der Waals surface area contributed by atoms with Gasteiger partial charge >= 0.3 is 0 Å². The monoisotopic (exact) mass is 268 g/mol. The van der Waals surface area contributed by atoms with E-state index < -0.39 is 0 Å². The van der Waals surface area contributed by atoms with Crippen LogP contribution in [0.1, 0.15) is 17.0 Å². The van der Waals surface area contributed by atoms with E-state index in [0.717, 1.165) is 18.8 Å². The van der Waals surface area contributed by atoms with Crippen LogP contribution < -0.4 is 4.90 Å². The summed E-state index contributed by atoms with van der Waals surface area (Å²) in [6.07, 6.45) is 0. The maximum absolute atomic E-state index is 8.83. The molecule has 1 saturated heterocycles. The van der Waals surface area contributed by atoms with Crippen molar-refractivity contribution in [2.45, 2.75) is 5.92 Å². The summed E-state index contributed by atoms with van der Waals surface area (Å²) in [5.74, 6) is 0.577. The fraction of sp³-hybridized carbons (Fsp3) is 0.188. The third kappa shape index (κ3) is 2.30. The van der Waals surface area contributed by atoms with Crippen LogP contribution in [0.5, 0.6) is 0 Å². The van der Waals surface area contributed by atoms with Gasteiger partial charge in [0, 0.05) is 19.0 Å². The lowest BCUT2D eigenvalue weighted by molar-refractivity contribution is 0.525. The fourth-order valence-corrected chi connectivity index (χ4v) is 2.74. The van der Waals surface area contributed by atoms with Gasteiger partial charge in [-0.05, 0) is 23.8 Å². The lowest BCUT2D eigenvalue weighted by Gasteiger charge is -2.41. The van der Waals surface area contributed by atoms with E-state index in [0.29, 0.717) is 16.5 Å². The van der Waals surface area contributed by atoms with Crippen molar-refractivity contribution >= 4 is 17.3 Å². The lowest BCUT2D eigenvalue weighted by Crippen LogP contribution is -2.45. The van der Waals surface area contributed by atoms with Crippen LogP contribution in [0.15, 0.2) is 48.5 Å². The highest BCUT2D eigenvalue weighted by molar-refractivity contribution is 6.33. The summed E-state index contributed by atoms with van der Waals surface area (Å²) >= 11 is 6.22. The van der Waals surface area contributed by atoms with Gasteiger partial charge in [0.1, 0.15) is 0 Å². The summed E-state index contributed by atoms with van der Waals surface area (Å²) in [5, 5.41) is 9.49. The van der Waals surface area contributed by atoms with E-state index >= 15 is 0 Å². The van der Waals surface area contributed by atoms with Crippen molar-refractivity contribution in [3.8, 4) is 6.07 Å². The summed E-state index contributed by atoms with van der Waals surface area (Å²) in [7, 11) is 0. The van der Waals surface area contributed by atoms with Crippen LogP contribution >= 0.6 is 11.6 Å². The molecular formula is C16H13ClN2. The van der Waals surface area contributed by atoms with E-state index in [1.54, 1.807) is 6.07 Å². The molecule has 94 valence electrons. The van der Waals surface area contributed by atoms with Crippen molar-refractivity contribution in [2.24, 2.45) is 0 Å². The minimum atomic E-state index is 0.577. The van der Waals surface area contributed by atoms with Gasteiger partial charge in [-0.3, -0.25) is 0 Å². The number of hydrogen-bond donors (Lipinski definition) is 0. The van der Waals surface area contributed by atoms with Gasteiger partial charge in [0.25, 0.3) is 0 Å². The van der Waals surface area contributed by atoms with Gasteiger partial charge in [0.15, 0.2) is 0 Å². The molecule has 0 N–H and O–H groups in total. The Bertz CT molecular complexity index is 625. The molecule has 2 nitrogen and oxygen atoms in total. The van der Waals surface area contributed by atoms with Crippen LogP contribution in [0, 0.1) is 11.3 Å². The molecule has 0 amide bonds. The summed E-state index contributed by atoms with van der Waals surface area (Å²) in [6.45, 7) is 1.96. The van der Waals surface area contributed by atoms with Crippen molar-refractivity contribution in [3.05, 3.63) is 64.7 Å². The highest BCUT2D eigenvalue weighted by Crippen LogP contribution is 2.35. The Labute approximate surface area is 117 Å². The Morgan fingerprint density at radius 1 is 1.11 bits per heavy atom. The first kappa shape index (κ1) is 12.1. The number of nitrogens with zero attached hydrogens (tertiary/aromatic N) is 2. The van der Waals surface area contributed by atoms with Crippen molar-refractivity contribution in [2.75, 3.05) is 18.0 Å². The molecular weight excluding hydrogens is 256 g/mol. The molecule has 0 atom stereocenters. The highest BCUT2D eigenvalue weighted by Gasteiger charge is 2.29. The van der Waals surface area contributed by atoms with Crippen LogP contribution in [-0.4, -0.2) is 13.1 Å². The quantitative estimate of drug-likeness (QED) is 0.828. The minimum absolute atomic E-state index is 0.577. The molecule has 2 aromatic carbocycles. The predicted molar refractivity (Wildman–Crippen MR) is 77.6 cm³/mol. The van der Waals surface area contributed by atoms with Gasteiger partial charge in [-0.1, -0.05) is 41.9 Å². The molecule has 0 aliphatic carbocycles. The van der Waals surface area contributed by atoms with Crippen LogP contribution in [-0.2, 0) is 0 Å². The van der Waals surface area contributed by atoms with Gasteiger partial charge in [-0.25, -0.2) is 0 Å². The van der Waals surface area contributed by atoms with Crippen molar-refractivity contribution < 1.29 is 0 Å². The van der Waals surface area contributed by atoms with E-state index in [9.17, 15) is 0 Å². The first-order valence-corrected chi connectivity index (χ1v) is 6.65. The molecule has 1 fully saturated rings. The molecule has 0 bridgehead atoms. The molecule has 3 heteroatoms. The number of halogens is 1. The largest absolute Gasteiger partial charge is 0.369 e. The average Bonchev–Trinajstić information content (AvgIpc) is 2.40. The van der Waals surface area contributed by atoms with E-state index in [2.05, 4.69) is 35.2 Å². The van der Waals surface area contributed by atoms with Gasteiger partial charge in [0.2, 0.25) is 0 Å². The SMILES string of the molecule is N#Cc1ccc(N2CC(c3ccccc3)C2)c(Cl)c1. The van der Waals surface area contributed by atoms with Gasteiger partial charge < -0.3 is 4.90 Å². The summed E-state index contributed by atoms with van der Waals surface area (Å²) in [6, 6.07) is 18.1. The Balaban J connectivity index is 1.73. The van der Waals surface area contributed by atoms with E-state index in [1.165, 1.54) is 5.56 Å². The van der Waals surface area contributed by atoms with Crippen molar-refractivity contribution in [3.63, 3.8) is 0 Å². The first-order chi connectivity index (χ1) is 9.28. The topological polar surface area (TPSA) is 27.0 Å². The minimum Gasteiger partial charge on any atom is -0.369 e. The molecule has 19 heavy (non-hydrogen) atoms. The number of rotatable bonds is 2. The maximum atomic E-state index is 8.83. The summed E-state index contributed by atoms with van der Waals surface area (Å²) in [4.78, 5) is 2.25. The van der Waals surface area contributed by atoms with Gasteiger partial charge in [-0.15, -0.1) is 0 Å². The number of anilines is 1. The third-order valence-electron chi connectivity index (χ3n) is 3.57. The lowest BCUT2D eigenvalue weighted by atomic mass is 9.91. The second-order valence-corrected chi connectivity index (χ2v) is 5.20. The van der Waals surface area contributed by atoms with Crippen LogP contribution in [0.3, 0.4) is 0 Å². The molecule has 0 aromatic heterocycles. The molecule has 0 unspecified atom stereocenters. The molecule has 1 heterocycles. The Kier molecular flexibility index (Phi) is 3.15. The average molecular weight is 269 g/mol. The van der Waals surface area contributed by atoms with Gasteiger partial charge in [-0.2, -0.15) is 5.26 Å². The number of hydrogen-bond acceptors (Lipinski definition) is 2. The first-order valence-electron chi connectivity index (χ1n) is 6.27. The van der Waals surface area contributed by atoms with E-state index in [-0.39, 0.29) is 0 Å². The highest BCUT2D eigenvalue weighted by atomic mass is 35.5. The number of nitriles is 1. The molecule has 0 spiro atoms. The Morgan fingerprint density at radius 2 is 1.84 bits per heavy atom. The molecule has 0 saturated carbocycles. The Morgan fingerprint density at radius 3 is 2.47 bits per heavy atom. The van der Waals surface area contributed by atoms with Crippen LogP contribution in [0.2, 0.25) is 5.02 Å². The molecule has 1 aliphatic heterocycles. The van der Waals surface area contributed by atoms with Crippen LogP contribution in [0.25, 0.3) is 0 Å². The van der Waals surface area contributed by atoms with E-state index in [1.807, 2.05) is 18.2 Å². The zero-order valence-corrected chi connectivity index (χ0v) is 11.1. The normalized spacial score (nSPS) is 14.8. The molecule has 2 aromatic rings. The number of benzene rings is 2. The third-order valence-corrected chi connectivity index (χ3v) is 3.87. The molecule has 3 rings (SSSR count). The fourth-order valence-electron chi connectivity index (χ4n) is 2.44. The summed E-state index contributed by atoms with van der Waals surface area (Å²) < 4.78 is 0. The predicted octanol–water partition coefficient (Wildman–Crippen LogP) is 3.82. The zero-order valence-electron chi connectivity index (χ0n) is 10.4. The standard InChI is InChI=1S/C16H13ClN2/c17-15-8-12(9-18)6-7-16(15)19-10-14(11-19)13-4-2-1-3-5-13/h1-8,14H,10-11H2.